The fourth-order valence-corrected chi connectivity index (χ4v) is 1.95. The molecule has 0 fully saturated rings. The van der Waals surface area contributed by atoms with E-state index >= 15 is 0 Å². The molecule has 0 heterocycles. The zero-order chi connectivity index (χ0) is 12.3. The van der Waals surface area contributed by atoms with E-state index in [4.69, 9.17) is 10.5 Å². The van der Waals surface area contributed by atoms with Crippen LogP contribution in [0.25, 0.3) is 0 Å². The zero-order valence-electron chi connectivity index (χ0n) is 8.99. The normalized spacial score (nSPS) is 10.2. The number of benzene rings is 2. The molecule has 0 unspecified atom stereocenters. The smallest absolute Gasteiger partial charge is 0.131 e. The standard InChI is InChI=1S/C13H11FINO/c14-12-5-2-6-13(16)11(12)8-17-10-4-1-3-9(15)7-10/h1-7H,8,16H2. The lowest BCUT2D eigenvalue weighted by Gasteiger charge is -2.09. The predicted molar refractivity (Wildman–Crippen MR) is 74.3 cm³/mol. The van der Waals surface area contributed by atoms with Crippen molar-refractivity contribution in [3.05, 3.63) is 57.4 Å². The van der Waals surface area contributed by atoms with Gasteiger partial charge in [0.25, 0.3) is 0 Å². The molecule has 0 bridgehead atoms. The van der Waals surface area contributed by atoms with Crippen LogP contribution in [-0.4, -0.2) is 0 Å². The maximum Gasteiger partial charge on any atom is 0.131 e. The molecule has 0 aromatic heterocycles. The highest BCUT2D eigenvalue weighted by atomic mass is 127. The zero-order valence-corrected chi connectivity index (χ0v) is 11.1. The second kappa shape index (κ2) is 5.35. The number of nitrogens with two attached hydrogens (primary N) is 1. The van der Waals surface area contributed by atoms with Gasteiger partial charge in [-0.05, 0) is 52.9 Å². The van der Waals surface area contributed by atoms with Crippen molar-refractivity contribution in [1.82, 2.24) is 0 Å². The average molecular weight is 343 g/mol. The molecule has 0 aliphatic carbocycles. The summed E-state index contributed by atoms with van der Waals surface area (Å²) < 4.78 is 20.1. The van der Waals surface area contributed by atoms with Gasteiger partial charge in [-0.3, -0.25) is 0 Å². The Bertz CT molecular complexity index is 510. The minimum atomic E-state index is -0.337. The molecule has 0 radical (unpaired) electrons. The summed E-state index contributed by atoms with van der Waals surface area (Å²) in [4.78, 5) is 0. The lowest BCUT2D eigenvalue weighted by atomic mass is 10.2. The summed E-state index contributed by atoms with van der Waals surface area (Å²) in [6.45, 7) is 0.137. The Morgan fingerprint density at radius 3 is 2.65 bits per heavy atom. The molecular weight excluding hydrogens is 332 g/mol. The average Bonchev–Trinajstić information content (AvgIpc) is 2.28. The van der Waals surface area contributed by atoms with E-state index in [0.29, 0.717) is 17.0 Å². The van der Waals surface area contributed by atoms with Gasteiger partial charge in [0, 0.05) is 14.8 Å². The molecule has 17 heavy (non-hydrogen) atoms. The van der Waals surface area contributed by atoms with Gasteiger partial charge in [0.2, 0.25) is 0 Å². The van der Waals surface area contributed by atoms with Crippen LogP contribution in [0.1, 0.15) is 5.56 Å². The number of hydrogen-bond donors (Lipinski definition) is 1. The first-order chi connectivity index (χ1) is 8.16. The highest BCUT2D eigenvalue weighted by molar-refractivity contribution is 14.1. The quantitative estimate of drug-likeness (QED) is 0.683. The second-order valence-electron chi connectivity index (χ2n) is 3.55. The molecule has 88 valence electrons. The van der Waals surface area contributed by atoms with Crippen molar-refractivity contribution in [1.29, 1.82) is 0 Å². The van der Waals surface area contributed by atoms with Crippen LogP contribution < -0.4 is 10.5 Å². The fraction of sp³-hybridized carbons (Fsp3) is 0.0769. The first-order valence-corrected chi connectivity index (χ1v) is 6.16. The van der Waals surface area contributed by atoms with Crippen molar-refractivity contribution in [2.24, 2.45) is 0 Å². The van der Waals surface area contributed by atoms with Gasteiger partial charge in [-0.1, -0.05) is 12.1 Å². The maximum absolute atomic E-state index is 13.5. The van der Waals surface area contributed by atoms with E-state index in [1.54, 1.807) is 12.1 Å². The number of halogens is 2. The van der Waals surface area contributed by atoms with Gasteiger partial charge in [-0.15, -0.1) is 0 Å². The molecule has 0 spiro atoms. The second-order valence-corrected chi connectivity index (χ2v) is 4.80. The van der Waals surface area contributed by atoms with Gasteiger partial charge < -0.3 is 10.5 Å². The van der Waals surface area contributed by atoms with Gasteiger partial charge >= 0.3 is 0 Å². The number of hydrogen-bond acceptors (Lipinski definition) is 2. The van der Waals surface area contributed by atoms with E-state index in [1.807, 2.05) is 24.3 Å². The van der Waals surface area contributed by atoms with Gasteiger partial charge in [-0.2, -0.15) is 0 Å². The lowest BCUT2D eigenvalue weighted by Crippen LogP contribution is -2.03. The molecule has 2 nitrogen and oxygen atoms in total. The highest BCUT2D eigenvalue weighted by Gasteiger charge is 2.06. The summed E-state index contributed by atoms with van der Waals surface area (Å²) >= 11 is 2.19. The topological polar surface area (TPSA) is 35.2 Å². The third-order valence-corrected chi connectivity index (χ3v) is 3.01. The van der Waals surface area contributed by atoms with E-state index in [2.05, 4.69) is 22.6 Å². The largest absolute Gasteiger partial charge is 0.489 e. The molecule has 2 N–H and O–H groups in total. The van der Waals surface area contributed by atoms with Crippen LogP contribution in [0.4, 0.5) is 10.1 Å². The molecular formula is C13H11FINO. The highest BCUT2D eigenvalue weighted by Crippen LogP contribution is 2.20. The Morgan fingerprint density at radius 2 is 1.94 bits per heavy atom. The third-order valence-electron chi connectivity index (χ3n) is 2.33. The van der Waals surface area contributed by atoms with Crippen molar-refractivity contribution in [2.75, 3.05) is 5.73 Å². The van der Waals surface area contributed by atoms with Crippen LogP contribution in [0.2, 0.25) is 0 Å². The van der Waals surface area contributed by atoms with Crippen LogP contribution in [0.3, 0.4) is 0 Å². The van der Waals surface area contributed by atoms with E-state index in [-0.39, 0.29) is 12.4 Å². The van der Waals surface area contributed by atoms with Crippen molar-refractivity contribution in [2.45, 2.75) is 6.61 Å². The van der Waals surface area contributed by atoms with E-state index in [9.17, 15) is 4.39 Å². The maximum atomic E-state index is 13.5. The molecule has 4 heteroatoms. The van der Waals surface area contributed by atoms with Crippen LogP contribution in [0.15, 0.2) is 42.5 Å². The van der Waals surface area contributed by atoms with Gasteiger partial charge in [0.15, 0.2) is 0 Å². The number of anilines is 1. The Morgan fingerprint density at radius 1 is 1.18 bits per heavy atom. The van der Waals surface area contributed by atoms with Gasteiger partial charge in [0.05, 0.1) is 0 Å². The molecule has 0 aliphatic rings. The monoisotopic (exact) mass is 343 g/mol. The van der Waals surface area contributed by atoms with E-state index in [1.165, 1.54) is 6.07 Å². The fourth-order valence-electron chi connectivity index (χ4n) is 1.44. The molecule has 0 amide bonds. The third kappa shape index (κ3) is 3.09. The summed E-state index contributed by atoms with van der Waals surface area (Å²) in [5.41, 5.74) is 6.50. The van der Waals surface area contributed by atoms with E-state index in [0.717, 1.165) is 3.57 Å². The molecule has 0 aliphatic heterocycles. The van der Waals surface area contributed by atoms with Crippen LogP contribution in [0, 0.1) is 9.39 Å². The molecule has 0 atom stereocenters. The lowest BCUT2D eigenvalue weighted by molar-refractivity contribution is 0.300. The number of ether oxygens (including phenoxy) is 1. The van der Waals surface area contributed by atoms with Crippen molar-refractivity contribution >= 4 is 28.3 Å². The summed E-state index contributed by atoms with van der Waals surface area (Å²) in [6.07, 6.45) is 0. The number of nitrogen functional groups attached to an aromatic ring is 1. The van der Waals surface area contributed by atoms with Crippen molar-refractivity contribution in [3.8, 4) is 5.75 Å². The van der Waals surface area contributed by atoms with E-state index < -0.39 is 0 Å². The molecule has 0 saturated carbocycles. The summed E-state index contributed by atoms with van der Waals surface area (Å²) in [5.74, 6) is 0.371. The first-order valence-electron chi connectivity index (χ1n) is 5.08. The van der Waals surface area contributed by atoms with Crippen molar-refractivity contribution < 1.29 is 9.13 Å². The van der Waals surface area contributed by atoms with Crippen LogP contribution >= 0.6 is 22.6 Å². The molecule has 0 saturated heterocycles. The van der Waals surface area contributed by atoms with Crippen LogP contribution in [-0.2, 0) is 6.61 Å². The van der Waals surface area contributed by atoms with Crippen molar-refractivity contribution in [3.63, 3.8) is 0 Å². The van der Waals surface area contributed by atoms with Gasteiger partial charge in [-0.25, -0.2) is 4.39 Å². The summed E-state index contributed by atoms with van der Waals surface area (Å²) in [5, 5.41) is 0. The SMILES string of the molecule is Nc1cccc(F)c1COc1cccc(I)c1. The molecule has 2 aromatic rings. The van der Waals surface area contributed by atoms with Gasteiger partial charge in [0.1, 0.15) is 18.2 Å². The Labute approximate surface area is 113 Å². The minimum Gasteiger partial charge on any atom is -0.489 e. The number of rotatable bonds is 3. The van der Waals surface area contributed by atoms with Crippen LogP contribution in [0.5, 0.6) is 5.75 Å². The summed E-state index contributed by atoms with van der Waals surface area (Å²) in [7, 11) is 0. The molecule has 2 rings (SSSR count). The summed E-state index contributed by atoms with van der Waals surface area (Å²) in [6, 6.07) is 12.2. The molecule has 2 aromatic carbocycles. The minimum absolute atomic E-state index is 0.137. The Kier molecular flexibility index (Phi) is 3.83. The predicted octanol–water partition coefficient (Wildman–Crippen LogP) is 3.59. The Hall–Kier alpha value is -1.30. The Balaban J connectivity index is 2.13. The first kappa shape index (κ1) is 12.2.